The van der Waals surface area contributed by atoms with Gasteiger partial charge in [0.1, 0.15) is 17.7 Å². The molecular formula is C17H14F2N2. The Balaban J connectivity index is 1.63. The van der Waals surface area contributed by atoms with Crippen LogP contribution in [0.4, 0.5) is 14.5 Å². The van der Waals surface area contributed by atoms with E-state index < -0.39 is 5.82 Å². The summed E-state index contributed by atoms with van der Waals surface area (Å²) in [5.74, 6) is -0.449. The first-order valence-electron chi connectivity index (χ1n) is 6.88. The molecule has 3 rings (SSSR count). The van der Waals surface area contributed by atoms with Crippen molar-refractivity contribution < 1.29 is 8.78 Å². The summed E-state index contributed by atoms with van der Waals surface area (Å²) in [4.78, 5) is 0. The van der Waals surface area contributed by atoms with Crippen LogP contribution in [0, 0.1) is 23.0 Å². The van der Waals surface area contributed by atoms with Crippen molar-refractivity contribution in [3.63, 3.8) is 0 Å². The highest BCUT2D eigenvalue weighted by atomic mass is 19.1. The molecule has 0 radical (unpaired) electrons. The summed E-state index contributed by atoms with van der Waals surface area (Å²) < 4.78 is 26.9. The summed E-state index contributed by atoms with van der Waals surface area (Å²) in [5.41, 5.74) is 1.52. The van der Waals surface area contributed by atoms with Crippen molar-refractivity contribution in [3.05, 3.63) is 65.2 Å². The number of rotatable bonds is 3. The number of nitrogens with one attached hydrogen (secondary N) is 1. The molecular weight excluding hydrogens is 270 g/mol. The molecule has 1 N–H and O–H groups in total. The van der Waals surface area contributed by atoms with Gasteiger partial charge in [0.2, 0.25) is 0 Å². The number of hydrogen-bond acceptors (Lipinski definition) is 2. The molecule has 4 heteroatoms. The van der Waals surface area contributed by atoms with Crippen molar-refractivity contribution in [1.29, 1.82) is 5.26 Å². The Bertz CT molecular complexity index is 700. The average Bonchev–Trinajstić information content (AvgIpc) is 2.45. The molecule has 1 fully saturated rings. The quantitative estimate of drug-likeness (QED) is 0.917. The van der Waals surface area contributed by atoms with Gasteiger partial charge in [-0.3, -0.25) is 0 Å². The van der Waals surface area contributed by atoms with E-state index in [0.29, 0.717) is 0 Å². The Kier molecular flexibility index (Phi) is 3.57. The molecule has 0 heterocycles. The van der Waals surface area contributed by atoms with Crippen LogP contribution in [0.2, 0.25) is 0 Å². The fourth-order valence-electron chi connectivity index (χ4n) is 2.73. The molecule has 0 spiro atoms. The van der Waals surface area contributed by atoms with Crippen molar-refractivity contribution in [2.75, 3.05) is 5.32 Å². The predicted molar refractivity (Wildman–Crippen MR) is 76.9 cm³/mol. The Morgan fingerprint density at radius 1 is 1.05 bits per heavy atom. The van der Waals surface area contributed by atoms with Crippen LogP contribution in [0.1, 0.15) is 29.9 Å². The first-order valence-corrected chi connectivity index (χ1v) is 6.88. The highest BCUT2D eigenvalue weighted by Gasteiger charge is 2.31. The fourth-order valence-corrected chi connectivity index (χ4v) is 2.73. The summed E-state index contributed by atoms with van der Waals surface area (Å²) >= 11 is 0. The van der Waals surface area contributed by atoms with Crippen LogP contribution in [0.5, 0.6) is 0 Å². The molecule has 2 aromatic rings. The van der Waals surface area contributed by atoms with Gasteiger partial charge in [-0.25, -0.2) is 8.78 Å². The smallest absolute Gasteiger partial charge is 0.141 e. The van der Waals surface area contributed by atoms with E-state index in [1.54, 1.807) is 12.1 Å². The summed E-state index contributed by atoms with van der Waals surface area (Å²) in [6, 6.07) is 13.3. The zero-order valence-corrected chi connectivity index (χ0v) is 11.3. The van der Waals surface area contributed by atoms with Gasteiger partial charge >= 0.3 is 0 Å². The molecule has 0 aromatic heterocycles. The molecule has 1 aliphatic carbocycles. The molecule has 2 nitrogen and oxygen atoms in total. The number of nitriles is 1. The fraction of sp³-hybridized carbons (Fsp3) is 0.235. The van der Waals surface area contributed by atoms with E-state index in [-0.39, 0.29) is 23.3 Å². The van der Waals surface area contributed by atoms with Crippen LogP contribution in [-0.2, 0) is 0 Å². The minimum atomic E-state index is -0.513. The zero-order chi connectivity index (χ0) is 14.8. The molecule has 106 valence electrons. The summed E-state index contributed by atoms with van der Waals surface area (Å²) in [5, 5.41) is 12.1. The number of nitrogens with zero attached hydrogens (tertiary/aromatic N) is 1. The molecule has 0 unspecified atom stereocenters. The molecule has 2 aromatic carbocycles. The van der Waals surface area contributed by atoms with Crippen LogP contribution in [0.15, 0.2) is 42.5 Å². The van der Waals surface area contributed by atoms with E-state index in [0.717, 1.165) is 24.1 Å². The van der Waals surface area contributed by atoms with E-state index in [1.165, 1.54) is 18.2 Å². The molecule has 1 aliphatic rings. The van der Waals surface area contributed by atoms with E-state index in [1.807, 2.05) is 18.2 Å². The SMILES string of the molecule is N#Cc1cc(NC2CC(c3ccccc3F)C2)ccc1F. The van der Waals surface area contributed by atoms with E-state index in [2.05, 4.69) is 5.32 Å². The maximum Gasteiger partial charge on any atom is 0.141 e. The average molecular weight is 284 g/mol. The molecule has 0 bridgehead atoms. The van der Waals surface area contributed by atoms with Crippen LogP contribution in [0.25, 0.3) is 0 Å². The van der Waals surface area contributed by atoms with Gasteiger partial charge in [-0.05, 0) is 48.6 Å². The van der Waals surface area contributed by atoms with Crippen molar-refractivity contribution in [2.24, 2.45) is 0 Å². The maximum absolute atomic E-state index is 13.7. The van der Waals surface area contributed by atoms with Crippen molar-refractivity contribution in [2.45, 2.75) is 24.8 Å². The molecule has 0 aliphatic heterocycles. The van der Waals surface area contributed by atoms with Gasteiger partial charge < -0.3 is 5.32 Å². The lowest BCUT2D eigenvalue weighted by Gasteiger charge is -2.37. The minimum absolute atomic E-state index is 0.0324. The maximum atomic E-state index is 13.7. The largest absolute Gasteiger partial charge is 0.382 e. The number of benzene rings is 2. The van der Waals surface area contributed by atoms with Gasteiger partial charge in [0.05, 0.1) is 5.56 Å². The molecule has 0 saturated heterocycles. The topological polar surface area (TPSA) is 35.8 Å². The Hall–Kier alpha value is -2.41. The monoisotopic (exact) mass is 284 g/mol. The van der Waals surface area contributed by atoms with E-state index >= 15 is 0 Å². The molecule has 21 heavy (non-hydrogen) atoms. The van der Waals surface area contributed by atoms with Gasteiger partial charge in [0, 0.05) is 11.7 Å². The third-order valence-corrected chi connectivity index (χ3v) is 3.94. The van der Waals surface area contributed by atoms with Gasteiger partial charge in [0.25, 0.3) is 0 Å². The lowest BCUT2D eigenvalue weighted by Crippen LogP contribution is -2.34. The number of hydrogen-bond donors (Lipinski definition) is 1. The number of halogens is 2. The molecule has 0 amide bonds. The summed E-state index contributed by atoms with van der Waals surface area (Å²) in [7, 11) is 0. The second kappa shape index (κ2) is 5.53. The standard InChI is InChI=1S/C17H14F2N2/c18-16-6-5-13(9-12(16)10-20)21-14-7-11(8-14)15-3-1-2-4-17(15)19/h1-6,9,11,14,21H,7-8H2. The molecule has 0 atom stereocenters. The van der Waals surface area contributed by atoms with Gasteiger partial charge in [0.15, 0.2) is 0 Å². The third kappa shape index (κ3) is 2.73. The lowest BCUT2D eigenvalue weighted by molar-refractivity contribution is 0.363. The first kappa shape index (κ1) is 13.6. The Morgan fingerprint density at radius 2 is 1.81 bits per heavy atom. The second-order valence-corrected chi connectivity index (χ2v) is 5.34. The highest BCUT2D eigenvalue weighted by Crippen LogP contribution is 2.39. The van der Waals surface area contributed by atoms with Crippen molar-refractivity contribution in [1.82, 2.24) is 0 Å². The second-order valence-electron chi connectivity index (χ2n) is 5.34. The van der Waals surface area contributed by atoms with Gasteiger partial charge in [-0.15, -0.1) is 0 Å². The van der Waals surface area contributed by atoms with Crippen LogP contribution in [0.3, 0.4) is 0 Å². The minimum Gasteiger partial charge on any atom is -0.382 e. The predicted octanol–water partition coefficient (Wildman–Crippen LogP) is 4.19. The van der Waals surface area contributed by atoms with Gasteiger partial charge in [-0.2, -0.15) is 5.26 Å². The normalized spacial score (nSPS) is 20.4. The van der Waals surface area contributed by atoms with Crippen LogP contribution >= 0.6 is 0 Å². The first-order chi connectivity index (χ1) is 10.2. The van der Waals surface area contributed by atoms with Crippen LogP contribution in [-0.4, -0.2) is 6.04 Å². The van der Waals surface area contributed by atoms with Crippen molar-refractivity contribution >= 4 is 5.69 Å². The Morgan fingerprint density at radius 3 is 2.52 bits per heavy atom. The zero-order valence-electron chi connectivity index (χ0n) is 11.3. The highest BCUT2D eigenvalue weighted by molar-refractivity contribution is 5.51. The van der Waals surface area contributed by atoms with E-state index in [4.69, 9.17) is 5.26 Å². The molecule has 1 saturated carbocycles. The van der Waals surface area contributed by atoms with Gasteiger partial charge in [-0.1, -0.05) is 18.2 Å². The third-order valence-electron chi connectivity index (χ3n) is 3.94. The summed E-state index contributed by atoms with van der Waals surface area (Å²) in [6.45, 7) is 0. The summed E-state index contributed by atoms with van der Waals surface area (Å²) in [6.07, 6.45) is 1.67. The van der Waals surface area contributed by atoms with Crippen molar-refractivity contribution in [3.8, 4) is 6.07 Å². The van der Waals surface area contributed by atoms with Crippen LogP contribution < -0.4 is 5.32 Å². The Labute approximate surface area is 122 Å². The lowest BCUT2D eigenvalue weighted by atomic mass is 9.75. The van der Waals surface area contributed by atoms with E-state index in [9.17, 15) is 8.78 Å². The number of anilines is 1.